The Bertz CT molecular complexity index is 1210. The Morgan fingerprint density at radius 3 is 1.88 bits per heavy atom. The summed E-state index contributed by atoms with van der Waals surface area (Å²) < 4.78 is 0. The van der Waals surface area contributed by atoms with Crippen molar-refractivity contribution in [2.24, 2.45) is 0 Å². The first-order valence-electron chi connectivity index (χ1n) is 11.8. The molecule has 0 atom stereocenters. The quantitative estimate of drug-likeness (QED) is 0.440. The van der Waals surface area contributed by atoms with Crippen LogP contribution in [0.1, 0.15) is 84.3 Å². The van der Waals surface area contributed by atoms with Crippen LogP contribution in [-0.2, 0) is 10.8 Å². The topological polar surface area (TPSA) is 29.1 Å². The summed E-state index contributed by atoms with van der Waals surface area (Å²) in [7, 11) is 0. The van der Waals surface area contributed by atoms with Crippen LogP contribution in [0.4, 0.5) is 5.69 Å². The van der Waals surface area contributed by atoms with Gasteiger partial charge in [0.1, 0.15) is 0 Å². The number of hydrogen-bond acceptors (Lipinski definition) is 1. The van der Waals surface area contributed by atoms with Crippen LogP contribution in [0, 0.1) is 13.8 Å². The molecule has 0 saturated carbocycles. The minimum absolute atomic E-state index is 0.107. The fourth-order valence-electron chi connectivity index (χ4n) is 4.87. The maximum absolute atomic E-state index is 12.7. The average Bonchev–Trinajstić information content (AvgIpc) is 2.78. The van der Waals surface area contributed by atoms with E-state index in [2.05, 4.69) is 58.6 Å². The van der Waals surface area contributed by atoms with Gasteiger partial charge in [-0.15, -0.1) is 0 Å². The van der Waals surface area contributed by atoms with E-state index in [-0.39, 0.29) is 16.7 Å². The lowest BCUT2D eigenvalue weighted by atomic mass is 9.62. The smallest absolute Gasteiger partial charge is 0.255 e. The van der Waals surface area contributed by atoms with Gasteiger partial charge in [0.15, 0.2) is 0 Å². The van der Waals surface area contributed by atoms with Crippen LogP contribution in [0.3, 0.4) is 0 Å². The molecule has 0 bridgehead atoms. The van der Waals surface area contributed by atoms with Crippen molar-refractivity contribution < 1.29 is 4.79 Å². The highest BCUT2D eigenvalue weighted by Crippen LogP contribution is 2.47. The van der Waals surface area contributed by atoms with Crippen LogP contribution in [-0.4, -0.2) is 5.91 Å². The lowest BCUT2D eigenvalue weighted by Gasteiger charge is -2.42. The van der Waals surface area contributed by atoms with Gasteiger partial charge < -0.3 is 5.32 Å². The molecule has 4 rings (SSSR count). The van der Waals surface area contributed by atoms with E-state index >= 15 is 0 Å². The molecule has 0 saturated heterocycles. The predicted octanol–water partition coefficient (Wildman–Crippen LogP) is 7.97. The number of benzene rings is 3. The van der Waals surface area contributed by atoms with Crippen molar-refractivity contribution in [1.29, 1.82) is 0 Å². The predicted molar refractivity (Wildman–Crippen MR) is 140 cm³/mol. The molecule has 3 aromatic carbocycles. The van der Waals surface area contributed by atoms with E-state index < -0.39 is 0 Å². The maximum Gasteiger partial charge on any atom is 0.255 e. The van der Waals surface area contributed by atoms with Crippen molar-refractivity contribution in [1.82, 2.24) is 0 Å². The summed E-state index contributed by atoms with van der Waals surface area (Å²) in [6.45, 7) is 18.1. The molecule has 0 radical (unpaired) electrons. The fourth-order valence-corrected chi connectivity index (χ4v) is 4.87. The molecule has 1 N–H and O–H groups in total. The van der Waals surface area contributed by atoms with Crippen LogP contribution >= 0.6 is 0 Å². The van der Waals surface area contributed by atoms with Crippen molar-refractivity contribution >= 4 is 17.2 Å². The molecule has 0 aromatic heterocycles. The molecule has 0 heterocycles. The second-order valence-corrected chi connectivity index (χ2v) is 10.9. The molecule has 170 valence electrons. The van der Waals surface area contributed by atoms with Gasteiger partial charge in [-0.25, -0.2) is 0 Å². The van der Waals surface area contributed by atoms with Crippen LogP contribution in [0.5, 0.6) is 0 Å². The summed E-state index contributed by atoms with van der Waals surface area (Å²) in [5.41, 5.74) is 10.4. The van der Waals surface area contributed by atoms with E-state index in [1.54, 1.807) is 0 Å². The SMILES string of the molecule is C=C(c1ccc(C(=O)Nc2ccc(C)cc2)cc1)c1cc2c(cc1C)C(C)(C)CCC2(C)C. The van der Waals surface area contributed by atoms with Gasteiger partial charge in [-0.05, 0) is 95.2 Å². The molecule has 2 nitrogen and oxygen atoms in total. The van der Waals surface area contributed by atoms with E-state index in [1.165, 1.54) is 40.7 Å². The highest BCUT2D eigenvalue weighted by Gasteiger charge is 2.37. The molecule has 0 unspecified atom stereocenters. The second-order valence-electron chi connectivity index (χ2n) is 10.9. The summed E-state index contributed by atoms with van der Waals surface area (Å²) in [4.78, 5) is 12.7. The molecule has 1 amide bonds. The monoisotopic (exact) mass is 437 g/mol. The van der Waals surface area contributed by atoms with Crippen molar-refractivity contribution in [2.45, 2.75) is 65.2 Å². The Hall–Kier alpha value is -3.13. The van der Waals surface area contributed by atoms with Crippen molar-refractivity contribution in [3.8, 4) is 0 Å². The normalized spacial score (nSPS) is 16.1. The van der Waals surface area contributed by atoms with Crippen molar-refractivity contribution in [3.05, 3.63) is 106 Å². The summed E-state index contributed by atoms with van der Waals surface area (Å²) in [6, 6.07) is 20.3. The Morgan fingerprint density at radius 1 is 0.788 bits per heavy atom. The number of amides is 1. The number of anilines is 1. The third-order valence-corrected chi connectivity index (χ3v) is 7.33. The number of nitrogens with one attached hydrogen (secondary N) is 1. The zero-order valence-corrected chi connectivity index (χ0v) is 20.8. The van der Waals surface area contributed by atoms with Gasteiger partial charge in [0, 0.05) is 11.3 Å². The standard InChI is InChI=1S/C31H35NO/c1-20-8-14-25(15-9-20)32-29(33)24-12-10-23(11-13-24)22(3)26-19-28-27(18-21(26)2)30(4,5)16-17-31(28,6)7/h8-15,18-19H,3,16-17H2,1-2,4-7H3,(H,32,33). The molecular formula is C31H35NO. The Morgan fingerprint density at radius 2 is 1.30 bits per heavy atom. The summed E-state index contributed by atoms with van der Waals surface area (Å²) in [5, 5.41) is 2.96. The van der Waals surface area contributed by atoms with Crippen LogP contribution in [0.2, 0.25) is 0 Å². The number of hydrogen-bond donors (Lipinski definition) is 1. The molecule has 1 aliphatic carbocycles. The largest absolute Gasteiger partial charge is 0.322 e. The minimum Gasteiger partial charge on any atom is -0.322 e. The first-order chi connectivity index (χ1) is 15.5. The molecule has 1 aliphatic rings. The van der Waals surface area contributed by atoms with Gasteiger partial charge in [-0.3, -0.25) is 4.79 Å². The van der Waals surface area contributed by atoms with E-state index in [4.69, 9.17) is 0 Å². The minimum atomic E-state index is -0.107. The summed E-state index contributed by atoms with van der Waals surface area (Å²) in [6.07, 6.45) is 2.39. The zero-order chi connectivity index (χ0) is 24.0. The summed E-state index contributed by atoms with van der Waals surface area (Å²) >= 11 is 0. The molecular weight excluding hydrogens is 402 g/mol. The van der Waals surface area contributed by atoms with Gasteiger partial charge in [0.25, 0.3) is 5.91 Å². The van der Waals surface area contributed by atoms with Crippen molar-refractivity contribution in [3.63, 3.8) is 0 Å². The molecule has 2 heteroatoms. The van der Waals surface area contributed by atoms with Gasteiger partial charge >= 0.3 is 0 Å². The van der Waals surface area contributed by atoms with Gasteiger partial charge in [0.2, 0.25) is 0 Å². The number of aryl methyl sites for hydroxylation is 2. The van der Waals surface area contributed by atoms with Gasteiger partial charge in [0.05, 0.1) is 0 Å². The second kappa shape index (κ2) is 8.33. The summed E-state index contributed by atoms with van der Waals surface area (Å²) in [5.74, 6) is -0.107. The Labute approximate surface area is 198 Å². The van der Waals surface area contributed by atoms with Crippen molar-refractivity contribution in [2.75, 3.05) is 5.32 Å². The highest BCUT2D eigenvalue weighted by atomic mass is 16.1. The molecule has 0 fully saturated rings. The van der Waals surface area contributed by atoms with Gasteiger partial charge in [-0.1, -0.05) is 76.2 Å². The fraction of sp³-hybridized carbons (Fsp3) is 0.323. The average molecular weight is 438 g/mol. The van der Waals surface area contributed by atoms with E-state index in [1.807, 2.05) is 55.5 Å². The molecule has 3 aromatic rings. The lowest BCUT2D eigenvalue weighted by Crippen LogP contribution is -2.34. The number of rotatable bonds is 4. The zero-order valence-electron chi connectivity index (χ0n) is 20.8. The lowest BCUT2D eigenvalue weighted by molar-refractivity contribution is 0.102. The highest BCUT2D eigenvalue weighted by molar-refractivity contribution is 6.04. The number of carbonyl (C=O) groups excluding carboxylic acids is 1. The first kappa shape index (κ1) is 23.0. The third kappa shape index (κ3) is 4.53. The molecule has 0 spiro atoms. The van der Waals surface area contributed by atoms with E-state index in [9.17, 15) is 4.79 Å². The Kier molecular flexibility index (Phi) is 5.82. The van der Waals surface area contributed by atoms with E-state index in [0.717, 1.165) is 16.8 Å². The number of carbonyl (C=O) groups is 1. The van der Waals surface area contributed by atoms with Crippen LogP contribution in [0.15, 0.2) is 67.2 Å². The van der Waals surface area contributed by atoms with E-state index in [0.29, 0.717) is 5.56 Å². The first-order valence-corrected chi connectivity index (χ1v) is 11.8. The molecule has 0 aliphatic heterocycles. The Balaban J connectivity index is 1.60. The maximum atomic E-state index is 12.7. The third-order valence-electron chi connectivity index (χ3n) is 7.33. The van der Waals surface area contributed by atoms with Crippen LogP contribution in [0.25, 0.3) is 5.57 Å². The van der Waals surface area contributed by atoms with Crippen LogP contribution < -0.4 is 5.32 Å². The van der Waals surface area contributed by atoms with Gasteiger partial charge in [-0.2, -0.15) is 0 Å². The molecule has 33 heavy (non-hydrogen) atoms. The number of fused-ring (bicyclic) bond motifs is 1.